The van der Waals surface area contributed by atoms with Gasteiger partial charge < -0.3 is 9.47 Å². The third-order valence-corrected chi connectivity index (χ3v) is 6.35. The van der Waals surface area contributed by atoms with Gasteiger partial charge in [-0.3, -0.25) is 4.79 Å². The SMILES string of the molecule is CC(C)n1cc(CCC(=O)N2CCN(S(C)(=O)=O)CC2)c2ccccc21. The molecule has 0 radical (unpaired) electrons. The van der Waals surface area contributed by atoms with Gasteiger partial charge in [-0.1, -0.05) is 18.2 Å². The second kappa shape index (κ2) is 7.40. The minimum Gasteiger partial charge on any atom is -0.345 e. The number of aryl methyl sites for hydroxylation is 1. The third-order valence-electron chi connectivity index (χ3n) is 5.05. The monoisotopic (exact) mass is 377 g/mol. The Labute approximate surface area is 155 Å². The first-order valence-electron chi connectivity index (χ1n) is 9.08. The Hall–Kier alpha value is -1.86. The van der Waals surface area contributed by atoms with Crippen LogP contribution in [0.4, 0.5) is 0 Å². The van der Waals surface area contributed by atoms with Crippen LogP contribution in [0.15, 0.2) is 30.5 Å². The van der Waals surface area contributed by atoms with Crippen molar-refractivity contribution < 1.29 is 13.2 Å². The molecule has 7 heteroatoms. The van der Waals surface area contributed by atoms with Crippen molar-refractivity contribution in [1.82, 2.24) is 13.8 Å². The Balaban J connectivity index is 1.65. The number of sulfonamides is 1. The van der Waals surface area contributed by atoms with Gasteiger partial charge in [-0.15, -0.1) is 0 Å². The number of carbonyl (C=O) groups excluding carboxylic acids is 1. The van der Waals surface area contributed by atoms with Gasteiger partial charge in [0.25, 0.3) is 0 Å². The van der Waals surface area contributed by atoms with Gasteiger partial charge in [0.2, 0.25) is 15.9 Å². The van der Waals surface area contributed by atoms with E-state index in [2.05, 4.69) is 36.7 Å². The van der Waals surface area contributed by atoms with Gasteiger partial charge >= 0.3 is 0 Å². The molecule has 0 N–H and O–H groups in total. The summed E-state index contributed by atoms with van der Waals surface area (Å²) in [6.45, 7) is 6.03. The molecule has 2 heterocycles. The van der Waals surface area contributed by atoms with Crippen LogP contribution in [0.5, 0.6) is 0 Å². The lowest BCUT2D eigenvalue weighted by molar-refractivity contribution is -0.132. The average Bonchev–Trinajstić information content (AvgIpc) is 2.98. The minimum atomic E-state index is -3.17. The lowest BCUT2D eigenvalue weighted by atomic mass is 10.1. The normalized spacial score (nSPS) is 16.5. The number of rotatable bonds is 5. The molecule has 3 rings (SSSR count). The standard InChI is InChI=1S/C19H27N3O3S/c1-15(2)22-14-16(17-6-4-5-7-18(17)22)8-9-19(23)20-10-12-21(13-11-20)26(3,24)25/h4-7,14-15H,8-13H2,1-3H3. The first-order chi connectivity index (χ1) is 12.3. The highest BCUT2D eigenvalue weighted by atomic mass is 32.2. The molecule has 1 aromatic carbocycles. The largest absolute Gasteiger partial charge is 0.345 e. The summed E-state index contributed by atoms with van der Waals surface area (Å²) in [5.74, 6) is 0.0968. The predicted molar refractivity (Wildman–Crippen MR) is 104 cm³/mol. The van der Waals surface area contributed by atoms with Gasteiger partial charge in [0, 0.05) is 55.7 Å². The van der Waals surface area contributed by atoms with E-state index in [0.29, 0.717) is 45.1 Å². The molecule has 142 valence electrons. The van der Waals surface area contributed by atoms with E-state index in [-0.39, 0.29) is 5.91 Å². The van der Waals surface area contributed by atoms with Crippen molar-refractivity contribution in [3.8, 4) is 0 Å². The van der Waals surface area contributed by atoms with Crippen molar-refractivity contribution in [1.29, 1.82) is 0 Å². The van der Waals surface area contributed by atoms with Crippen LogP contribution >= 0.6 is 0 Å². The highest BCUT2D eigenvalue weighted by molar-refractivity contribution is 7.88. The Bertz CT molecular complexity index is 894. The Morgan fingerprint density at radius 2 is 1.77 bits per heavy atom. The summed E-state index contributed by atoms with van der Waals surface area (Å²) >= 11 is 0. The predicted octanol–water partition coefficient (Wildman–Crippen LogP) is 2.26. The Morgan fingerprint density at radius 3 is 2.38 bits per heavy atom. The summed E-state index contributed by atoms with van der Waals surface area (Å²) < 4.78 is 26.8. The van der Waals surface area contributed by atoms with Gasteiger partial charge in [0.1, 0.15) is 0 Å². The van der Waals surface area contributed by atoms with Crippen LogP contribution < -0.4 is 0 Å². The van der Waals surface area contributed by atoms with Crippen LogP contribution in [0, 0.1) is 0 Å². The second-order valence-corrected chi connectivity index (χ2v) is 9.20. The fourth-order valence-corrected chi connectivity index (χ4v) is 4.40. The molecule has 1 amide bonds. The zero-order valence-corrected chi connectivity index (χ0v) is 16.5. The molecular weight excluding hydrogens is 350 g/mol. The average molecular weight is 378 g/mol. The number of piperazine rings is 1. The van der Waals surface area contributed by atoms with E-state index in [1.54, 1.807) is 4.90 Å². The third kappa shape index (κ3) is 3.94. The Morgan fingerprint density at radius 1 is 1.12 bits per heavy atom. The summed E-state index contributed by atoms with van der Waals surface area (Å²) in [5, 5.41) is 1.20. The fraction of sp³-hybridized carbons (Fsp3) is 0.526. The molecule has 0 unspecified atom stereocenters. The quantitative estimate of drug-likeness (QED) is 0.803. The molecule has 1 aliphatic rings. The van der Waals surface area contributed by atoms with Gasteiger partial charge in [-0.2, -0.15) is 4.31 Å². The molecule has 0 atom stereocenters. The first kappa shape index (κ1) is 18.9. The maximum Gasteiger partial charge on any atom is 0.222 e. The number of hydrogen-bond donors (Lipinski definition) is 0. The fourth-order valence-electron chi connectivity index (χ4n) is 3.57. The maximum absolute atomic E-state index is 12.6. The minimum absolute atomic E-state index is 0.0968. The highest BCUT2D eigenvalue weighted by Crippen LogP contribution is 2.25. The van der Waals surface area contributed by atoms with Crippen molar-refractivity contribution in [2.75, 3.05) is 32.4 Å². The molecular formula is C19H27N3O3S. The van der Waals surface area contributed by atoms with Crippen LogP contribution in [0.1, 0.15) is 31.9 Å². The van der Waals surface area contributed by atoms with Gasteiger partial charge in [0.05, 0.1) is 6.26 Å². The summed E-state index contributed by atoms with van der Waals surface area (Å²) in [6.07, 6.45) is 4.52. The van der Waals surface area contributed by atoms with Crippen LogP contribution in [0.3, 0.4) is 0 Å². The number of aromatic nitrogens is 1. The van der Waals surface area contributed by atoms with Crippen molar-refractivity contribution in [3.05, 3.63) is 36.0 Å². The van der Waals surface area contributed by atoms with Gasteiger partial charge in [-0.05, 0) is 31.9 Å². The van der Waals surface area contributed by atoms with Crippen molar-refractivity contribution >= 4 is 26.8 Å². The van der Waals surface area contributed by atoms with Crippen molar-refractivity contribution in [2.45, 2.75) is 32.7 Å². The van der Waals surface area contributed by atoms with E-state index in [4.69, 9.17) is 0 Å². The Kier molecular flexibility index (Phi) is 5.39. The maximum atomic E-state index is 12.6. The molecule has 0 spiro atoms. The first-order valence-corrected chi connectivity index (χ1v) is 10.9. The molecule has 0 bridgehead atoms. The number of amides is 1. The molecule has 2 aromatic rings. The topological polar surface area (TPSA) is 62.6 Å². The van der Waals surface area contributed by atoms with Gasteiger partial charge in [0.15, 0.2) is 0 Å². The number of carbonyl (C=O) groups is 1. The molecule has 1 aromatic heterocycles. The van der Waals surface area contributed by atoms with E-state index in [1.807, 2.05) is 12.1 Å². The van der Waals surface area contributed by atoms with Gasteiger partial charge in [-0.25, -0.2) is 8.42 Å². The van der Waals surface area contributed by atoms with Crippen molar-refractivity contribution in [2.24, 2.45) is 0 Å². The van der Waals surface area contributed by atoms with E-state index >= 15 is 0 Å². The number of hydrogen-bond acceptors (Lipinski definition) is 3. The number of fused-ring (bicyclic) bond motifs is 1. The number of benzene rings is 1. The van der Waals surface area contributed by atoms with E-state index in [0.717, 1.165) is 0 Å². The smallest absolute Gasteiger partial charge is 0.222 e. The molecule has 1 aliphatic heterocycles. The van der Waals surface area contributed by atoms with E-state index in [9.17, 15) is 13.2 Å². The summed E-state index contributed by atoms with van der Waals surface area (Å²) in [6, 6.07) is 8.66. The van der Waals surface area contributed by atoms with E-state index in [1.165, 1.54) is 27.0 Å². The molecule has 26 heavy (non-hydrogen) atoms. The molecule has 6 nitrogen and oxygen atoms in total. The molecule has 1 saturated heterocycles. The number of nitrogens with zero attached hydrogens (tertiary/aromatic N) is 3. The van der Waals surface area contributed by atoms with Crippen LogP contribution in [0.2, 0.25) is 0 Å². The molecule has 0 aliphatic carbocycles. The summed E-state index contributed by atoms with van der Waals surface area (Å²) in [7, 11) is -3.17. The second-order valence-electron chi connectivity index (χ2n) is 7.22. The van der Waals surface area contributed by atoms with E-state index < -0.39 is 10.0 Å². The molecule has 0 saturated carbocycles. The van der Waals surface area contributed by atoms with Crippen LogP contribution in [-0.2, 0) is 21.2 Å². The highest BCUT2D eigenvalue weighted by Gasteiger charge is 2.25. The summed E-state index contributed by atoms with van der Waals surface area (Å²) in [4.78, 5) is 14.3. The summed E-state index contributed by atoms with van der Waals surface area (Å²) in [5.41, 5.74) is 2.39. The lowest BCUT2D eigenvalue weighted by Crippen LogP contribution is -2.50. The molecule has 1 fully saturated rings. The van der Waals surface area contributed by atoms with Crippen LogP contribution in [-0.4, -0.2) is 60.5 Å². The lowest BCUT2D eigenvalue weighted by Gasteiger charge is -2.33. The zero-order valence-electron chi connectivity index (χ0n) is 15.7. The van der Waals surface area contributed by atoms with Crippen LogP contribution in [0.25, 0.3) is 10.9 Å². The van der Waals surface area contributed by atoms with Crippen molar-refractivity contribution in [3.63, 3.8) is 0 Å². The number of para-hydroxylation sites is 1. The zero-order chi connectivity index (χ0) is 18.9.